The first-order valence-corrected chi connectivity index (χ1v) is 11.4. The molecule has 2 unspecified atom stereocenters. The summed E-state index contributed by atoms with van der Waals surface area (Å²) in [5.74, 6) is -1.18. The fourth-order valence-electron chi connectivity index (χ4n) is 4.20. The van der Waals surface area contributed by atoms with Crippen molar-refractivity contribution in [3.63, 3.8) is 0 Å². The van der Waals surface area contributed by atoms with E-state index in [0.717, 1.165) is 17.5 Å². The number of fused-ring (bicyclic) bond motifs is 1. The molecule has 1 aromatic carbocycles. The molecule has 0 fully saturated rings. The fraction of sp³-hybridized carbons (Fsp3) is 0.560. The number of cyclic esters (lactones) is 1. The number of aliphatic hydroxyl groups is 1. The Balaban J connectivity index is 1.74. The third-order valence-electron chi connectivity index (χ3n) is 6.07. The predicted molar refractivity (Wildman–Crippen MR) is 120 cm³/mol. The molecule has 0 saturated carbocycles. The van der Waals surface area contributed by atoms with Crippen LogP contribution in [0.5, 0.6) is 0 Å². The van der Waals surface area contributed by atoms with Gasteiger partial charge in [0.1, 0.15) is 6.61 Å². The first-order valence-electron chi connectivity index (χ1n) is 11.4. The number of carbonyl (C=O) groups is 3. The third kappa shape index (κ3) is 6.42. The summed E-state index contributed by atoms with van der Waals surface area (Å²) in [5.41, 5.74) is 1.49. The van der Waals surface area contributed by atoms with Crippen molar-refractivity contribution in [2.45, 2.75) is 70.5 Å². The lowest BCUT2D eigenvalue weighted by Crippen LogP contribution is -2.51. The standard InChI is InChI=1S/C25H34N2O5/c1-25(2)17-32-23(30)12-6-4-3-5-10-19(24(31)26-25)14-22(29)27-15-20-11-8-7-9-18(20)13-21(27)16-28/h3,5,7-9,11,19,21,28H,4,6,10,12-17H2,1-2H3,(H,26,31). The third-order valence-corrected chi connectivity index (χ3v) is 6.07. The number of nitrogens with one attached hydrogen (secondary N) is 1. The average Bonchev–Trinajstić information content (AvgIpc) is 2.78. The molecule has 7 nitrogen and oxygen atoms in total. The Labute approximate surface area is 189 Å². The fourth-order valence-corrected chi connectivity index (χ4v) is 4.20. The Kier molecular flexibility index (Phi) is 8.07. The van der Waals surface area contributed by atoms with Crippen molar-refractivity contribution < 1.29 is 24.2 Å². The summed E-state index contributed by atoms with van der Waals surface area (Å²) < 4.78 is 5.31. The van der Waals surface area contributed by atoms with Crippen LogP contribution in [0.2, 0.25) is 0 Å². The molecule has 0 radical (unpaired) electrons. The number of nitrogens with zero attached hydrogens (tertiary/aromatic N) is 1. The van der Waals surface area contributed by atoms with Crippen LogP contribution in [-0.4, -0.2) is 52.6 Å². The van der Waals surface area contributed by atoms with Crippen LogP contribution in [0, 0.1) is 5.92 Å². The lowest BCUT2D eigenvalue weighted by Gasteiger charge is -2.37. The predicted octanol–water partition coefficient (Wildman–Crippen LogP) is 2.51. The van der Waals surface area contributed by atoms with Gasteiger partial charge in [0.15, 0.2) is 0 Å². The van der Waals surface area contributed by atoms with E-state index in [0.29, 0.717) is 32.2 Å². The summed E-state index contributed by atoms with van der Waals surface area (Å²) in [6.45, 7) is 4.01. The van der Waals surface area contributed by atoms with Gasteiger partial charge in [-0.05, 0) is 50.7 Å². The number of amides is 2. The minimum absolute atomic E-state index is 0.0602. The SMILES string of the molecule is CC1(C)COC(=O)CCCC=CCC(CC(=O)N2Cc3ccccc3CC2CO)C(=O)N1. The lowest BCUT2D eigenvalue weighted by molar-refractivity contribution is -0.147. The van der Waals surface area contributed by atoms with E-state index in [1.54, 1.807) is 18.7 Å². The zero-order valence-corrected chi connectivity index (χ0v) is 19.0. The van der Waals surface area contributed by atoms with Crippen LogP contribution in [0.4, 0.5) is 0 Å². The lowest BCUT2D eigenvalue weighted by atomic mass is 9.92. The van der Waals surface area contributed by atoms with Crippen LogP contribution in [-0.2, 0) is 32.1 Å². The van der Waals surface area contributed by atoms with E-state index < -0.39 is 11.5 Å². The highest BCUT2D eigenvalue weighted by molar-refractivity contribution is 5.86. The van der Waals surface area contributed by atoms with Crippen molar-refractivity contribution in [2.24, 2.45) is 5.92 Å². The monoisotopic (exact) mass is 442 g/mol. The highest BCUT2D eigenvalue weighted by Gasteiger charge is 2.33. The average molecular weight is 443 g/mol. The van der Waals surface area contributed by atoms with Gasteiger partial charge in [0.25, 0.3) is 0 Å². The maximum absolute atomic E-state index is 13.3. The van der Waals surface area contributed by atoms with Gasteiger partial charge in [0.2, 0.25) is 11.8 Å². The van der Waals surface area contributed by atoms with Crippen LogP contribution in [0.15, 0.2) is 36.4 Å². The second kappa shape index (κ2) is 10.8. The van der Waals surface area contributed by atoms with Crippen molar-refractivity contribution in [1.82, 2.24) is 10.2 Å². The summed E-state index contributed by atoms with van der Waals surface area (Å²) >= 11 is 0. The number of hydrogen-bond donors (Lipinski definition) is 2. The van der Waals surface area contributed by atoms with E-state index in [1.165, 1.54) is 0 Å². The summed E-state index contributed by atoms with van der Waals surface area (Å²) in [5, 5.41) is 12.8. The first-order chi connectivity index (χ1) is 15.3. The molecule has 3 rings (SSSR count). The van der Waals surface area contributed by atoms with Crippen molar-refractivity contribution in [3.05, 3.63) is 47.5 Å². The van der Waals surface area contributed by atoms with Gasteiger partial charge in [-0.25, -0.2) is 0 Å². The molecular weight excluding hydrogens is 408 g/mol. The summed E-state index contributed by atoms with van der Waals surface area (Å²) in [4.78, 5) is 39.9. The maximum atomic E-state index is 13.3. The van der Waals surface area contributed by atoms with Crippen molar-refractivity contribution in [3.8, 4) is 0 Å². The molecule has 174 valence electrons. The second-order valence-electron chi connectivity index (χ2n) is 9.37. The van der Waals surface area contributed by atoms with Crippen LogP contribution >= 0.6 is 0 Å². The number of ether oxygens (including phenoxy) is 1. The van der Waals surface area contributed by atoms with Gasteiger partial charge in [-0.3, -0.25) is 14.4 Å². The van der Waals surface area contributed by atoms with Crippen LogP contribution < -0.4 is 5.32 Å². The normalized spacial score (nSPS) is 24.3. The minimum Gasteiger partial charge on any atom is -0.463 e. The number of carbonyl (C=O) groups excluding carboxylic acids is 3. The summed E-state index contributed by atoms with van der Waals surface area (Å²) in [6.07, 6.45) is 6.73. The molecule has 1 aromatic rings. The zero-order chi connectivity index (χ0) is 23.1. The van der Waals surface area contributed by atoms with E-state index in [-0.39, 0.29) is 43.5 Å². The number of allylic oxidation sites excluding steroid dienone is 2. The Hall–Kier alpha value is -2.67. The zero-order valence-electron chi connectivity index (χ0n) is 19.0. The quantitative estimate of drug-likeness (QED) is 0.554. The van der Waals surface area contributed by atoms with Crippen LogP contribution in [0.3, 0.4) is 0 Å². The number of benzene rings is 1. The highest BCUT2D eigenvalue weighted by atomic mass is 16.5. The molecule has 2 atom stereocenters. The van der Waals surface area contributed by atoms with E-state index in [2.05, 4.69) is 5.32 Å². The Morgan fingerprint density at radius 2 is 1.97 bits per heavy atom. The van der Waals surface area contributed by atoms with Gasteiger partial charge in [-0.15, -0.1) is 0 Å². The molecule has 2 heterocycles. The molecule has 0 aromatic heterocycles. The Bertz CT molecular complexity index is 864. The number of hydrogen-bond acceptors (Lipinski definition) is 5. The highest BCUT2D eigenvalue weighted by Crippen LogP contribution is 2.25. The molecule has 0 saturated heterocycles. The van der Waals surface area contributed by atoms with E-state index in [4.69, 9.17) is 4.74 Å². The van der Waals surface area contributed by atoms with E-state index >= 15 is 0 Å². The number of aliphatic hydroxyl groups excluding tert-OH is 1. The molecule has 32 heavy (non-hydrogen) atoms. The molecule has 2 aliphatic heterocycles. The molecule has 2 N–H and O–H groups in total. The molecule has 0 spiro atoms. The number of rotatable bonds is 3. The molecule has 2 amide bonds. The number of esters is 1. The largest absolute Gasteiger partial charge is 0.463 e. The van der Waals surface area contributed by atoms with Crippen LogP contribution in [0.25, 0.3) is 0 Å². The summed E-state index contributed by atoms with van der Waals surface area (Å²) in [6, 6.07) is 7.65. The van der Waals surface area contributed by atoms with Gasteiger partial charge >= 0.3 is 5.97 Å². The van der Waals surface area contributed by atoms with Gasteiger partial charge < -0.3 is 20.1 Å². The molecule has 0 aliphatic carbocycles. The van der Waals surface area contributed by atoms with Gasteiger partial charge in [0.05, 0.1) is 24.1 Å². The van der Waals surface area contributed by atoms with Crippen molar-refractivity contribution in [1.29, 1.82) is 0 Å². The minimum atomic E-state index is -0.733. The van der Waals surface area contributed by atoms with E-state index in [1.807, 2.05) is 36.4 Å². The molecule has 7 heteroatoms. The maximum Gasteiger partial charge on any atom is 0.305 e. The van der Waals surface area contributed by atoms with E-state index in [9.17, 15) is 19.5 Å². The van der Waals surface area contributed by atoms with Crippen molar-refractivity contribution >= 4 is 17.8 Å². The topological polar surface area (TPSA) is 95.9 Å². The first kappa shape index (κ1) is 24.0. The Morgan fingerprint density at radius 3 is 2.72 bits per heavy atom. The smallest absolute Gasteiger partial charge is 0.305 e. The second-order valence-corrected chi connectivity index (χ2v) is 9.37. The summed E-state index contributed by atoms with van der Waals surface area (Å²) in [7, 11) is 0. The molecule has 0 bridgehead atoms. The van der Waals surface area contributed by atoms with Gasteiger partial charge in [-0.1, -0.05) is 36.4 Å². The van der Waals surface area contributed by atoms with Crippen molar-refractivity contribution in [2.75, 3.05) is 13.2 Å². The van der Waals surface area contributed by atoms with Crippen LogP contribution in [0.1, 0.15) is 57.1 Å². The Morgan fingerprint density at radius 1 is 1.22 bits per heavy atom. The molecular formula is C25H34N2O5. The molecule has 2 aliphatic rings. The van der Waals surface area contributed by atoms with Gasteiger partial charge in [-0.2, -0.15) is 0 Å². The van der Waals surface area contributed by atoms with Gasteiger partial charge in [0, 0.05) is 19.4 Å².